The van der Waals surface area contributed by atoms with Crippen molar-refractivity contribution in [3.63, 3.8) is 0 Å². The molecule has 1 aromatic rings. The lowest BCUT2D eigenvalue weighted by Gasteiger charge is -2.08. The minimum atomic E-state index is 0.00899. The Kier molecular flexibility index (Phi) is 7.32. The average Bonchev–Trinajstić information content (AvgIpc) is 2.75. The number of hydrogen-bond acceptors (Lipinski definition) is 5. The Hall–Kier alpha value is -1.34. The van der Waals surface area contributed by atoms with Gasteiger partial charge in [-0.1, -0.05) is 17.8 Å². The monoisotopic (exact) mass is 297 g/mol. The number of hydrogen-bond donors (Lipinski definition) is 1. The molecular formula is C13H23N5OS. The lowest BCUT2D eigenvalue weighted by atomic mass is 10.3. The third-order valence-corrected chi connectivity index (χ3v) is 3.71. The van der Waals surface area contributed by atoms with E-state index in [9.17, 15) is 4.79 Å². The van der Waals surface area contributed by atoms with Gasteiger partial charge in [-0.25, -0.2) is 0 Å². The Morgan fingerprint density at radius 1 is 1.50 bits per heavy atom. The Morgan fingerprint density at radius 2 is 2.25 bits per heavy atom. The first-order valence-electron chi connectivity index (χ1n) is 6.58. The number of amides is 1. The minimum absolute atomic E-state index is 0.00899. The molecule has 0 aromatic carbocycles. The van der Waals surface area contributed by atoms with E-state index in [4.69, 9.17) is 0 Å². The molecule has 1 N–H and O–H groups in total. The Morgan fingerprint density at radius 3 is 2.90 bits per heavy atom. The van der Waals surface area contributed by atoms with Crippen LogP contribution in [-0.2, 0) is 18.4 Å². The highest BCUT2D eigenvalue weighted by Crippen LogP contribution is 2.15. The molecular weight excluding hydrogens is 274 g/mol. The summed E-state index contributed by atoms with van der Waals surface area (Å²) in [7, 11) is 6.01. The third-order valence-electron chi connectivity index (χ3n) is 2.71. The van der Waals surface area contributed by atoms with Crippen molar-refractivity contribution >= 4 is 17.7 Å². The molecule has 0 spiro atoms. The molecule has 1 rings (SSSR count). The summed E-state index contributed by atoms with van der Waals surface area (Å²) in [6.45, 7) is 5.00. The van der Waals surface area contributed by atoms with Gasteiger partial charge in [0.05, 0.1) is 6.54 Å². The molecule has 0 aliphatic carbocycles. The van der Waals surface area contributed by atoms with Crippen LogP contribution in [0.3, 0.4) is 0 Å². The van der Waals surface area contributed by atoms with Gasteiger partial charge < -0.3 is 14.8 Å². The van der Waals surface area contributed by atoms with Crippen molar-refractivity contribution in [2.24, 2.45) is 7.05 Å². The van der Waals surface area contributed by atoms with E-state index < -0.39 is 0 Å². The molecule has 0 aliphatic heterocycles. The van der Waals surface area contributed by atoms with Gasteiger partial charge in [-0.2, -0.15) is 0 Å². The molecule has 0 atom stereocenters. The predicted octanol–water partition coefficient (Wildman–Crippen LogP) is 1.05. The van der Waals surface area contributed by atoms with Crippen LogP contribution < -0.4 is 5.32 Å². The van der Waals surface area contributed by atoms with Crippen LogP contribution in [0.25, 0.3) is 0 Å². The summed E-state index contributed by atoms with van der Waals surface area (Å²) in [4.78, 5) is 13.6. The topological polar surface area (TPSA) is 63.1 Å². The number of allylic oxidation sites excluding steroid dienone is 1. The molecule has 0 fully saturated rings. The maximum Gasteiger partial charge on any atom is 0.220 e. The maximum atomic E-state index is 11.5. The van der Waals surface area contributed by atoms with Gasteiger partial charge in [0.25, 0.3) is 0 Å². The van der Waals surface area contributed by atoms with Gasteiger partial charge >= 0.3 is 0 Å². The van der Waals surface area contributed by atoms with Crippen molar-refractivity contribution in [1.29, 1.82) is 0 Å². The molecule has 0 saturated heterocycles. The molecule has 0 aliphatic rings. The molecule has 1 heterocycles. The van der Waals surface area contributed by atoms with E-state index in [0.29, 0.717) is 19.4 Å². The fourth-order valence-electron chi connectivity index (χ4n) is 1.44. The van der Waals surface area contributed by atoms with E-state index in [0.717, 1.165) is 23.3 Å². The normalized spacial score (nSPS) is 10.8. The van der Waals surface area contributed by atoms with Gasteiger partial charge in [0.1, 0.15) is 0 Å². The van der Waals surface area contributed by atoms with Crippen LogP contribution in [0.2, 0.25) is 0 Å². The summed E-state index contributed by atoms with van der Waals surface area (Å²) in [6, 6.07) is 0. The summed E-state index contributed by atoms with van der Waals surface area (Å²) in [6.07, 6.45) is 2.89. The van der Waals surface area contributed by atoms with E-state index in [1.165, 1.54) is 0 Å². The van der Waals surface area contributed by atoms with Gasteiger partial charge in [0, 0.05) is 25.8 Å². The van der Waals surface area contributed by atoms with Crippen LogP contribution in [0.1, 0.15) is 18.7 Å². The lowest BCUT2D eigenvalue weighted by Crippen LogP contribution is -2.24. The van der Waals surface area contributed by atoms with Crippen molar-refractivity contribution in [3.05, 3.63) is 18.5 Å². The standard InChI is InChI=1S/C13H23N5OS/c1-5-6-7-12(19)14-10-11-15-16-13(18(11)4)20-9-8-17(2)3/h5H,1,6-10H2,2-4H3,(H,14,19). The molecule has 1 aromatic heterocycles. The predicted molar refractivity (Wildman–Crippen MR) is 81.6 cm³/mol. The van der Waals surface area contributed by atoms with Crippen molar-refractivity contribution in [3.8, 4) is 0 Å². The summed E-state index contributed by atoms with van der Waals surface area (Å²) >= 11 is 1.67. The van der Waals surface area contributed by atoms with Crippen molar-refractivity contribution in [1.82, 2.24) is 25.0 Å². The van der Waals surface area contributed by atoms with E-state index in [1.807, 2.05) is 25.7 Å². The summed E-state index contributed by atoms with van der Waals surface area (Å²) in [5.74, 6) is 1.74. The fourth-order valence-corrected chi connectivity index (χ4v) is 2.48. The Labute approximate surface area is 124 Å². The molecule has 1 amide bonds. The molecule has 0 bridgehead atoms. The van der Waals surface area contributed by atoms with Crippen LogP contribution in [0, 0.1) is 0 Å². The minimum Gasteiger partial charge on any atom is -0.349 e. The van der Waals surface area contributed by atoms with Crippen LogP contribution in [0.15, 0.2) is 17.8 Å². The number of thioether (sulfide) groups is 1. The Balaban J connectivity index is 2.42. The van der Waals surface area contributed by atoms with Crippen LogP contribution >= 0.6 is 11.8 Å². The molecule has 20 heavy (non-hydrogen) atoms. The molecule has 0 saturated carbocycles. The van der Waals surface area contributed by atoms with Crippen molar-refractivity contribution in [2.45, 2.75) is 24.5 Å². The van der Waals surface area contributed by atoms with Gasteiger partial charge in [-0.05, 0) is 20.5 Å². The van der Waals surface area contributed by atoms with Crippen molar-refractivity contribution in [2.75, 3.05) is 26.4 Å². The number of carbonyl (C=O) groups excluding carboxylic acids is 1. The summed E-state index contributed by atoms with van der Waals surface area (Å²) < 4.78 is 1.92. The van der Waals surface area contributed by atoms with Crippen LogP contribution in [-0.4, -0.2) is 52.0 Å². The molecule has 6 nitrogen and oxygen atoms in total. The van der Waals surface area contributed by atoms with Crippen LogP contribution in [0.5, 0.6) is 0 Å². The summed E-state index contributed by atoms with van der Waals surface area (Å²) in [5, 5.41) is 12.0. The van der Waals surface area contributed by atoms with E-state index in [2.05, 4.69) is 27.0 Å². The van der Waals surface area contributed by atoms with E-state index in [1.54, 1.807) is 17.8 Å². The van der Waals surface area contributed by atoms with Gasteiger partial charge in [0.2, 0.25) is 5.91 Å². The van der Waals surface area contributed by atoms with Gasteiger partial charge in [0.15, 0.2) is 11.0 Å². The second-order valence-corrected chi connectivity index (χ2v) is 5.78. The number of nitrogens with zero attached hydrogens (tertiary/aromatic N) is 4. The third kappa shape index (κ3) is 5.75. The second-order valence-electron chi connectivity index (χ2n) is 4.71. The van der Waals surface area contributed by atoms with Crippen molar-refractivity contribution < 1.29 is 4.79 Å². The first-order chi connectivity index (χ1) is 9.54. The highest BCUT2D eigenvalue weighted by atomic mass is 32.2. The van der Waals surface area contributed by atoms with E-state index in [-0.39, 0.29) is 5.91 Å². The highest BCUT2D eigenvalue weighted by Gasteiger charge is 2.10. The summed E-state index contributed by atoms with van der Waals surface area (Å²) in [5.41, 5.74) is 0. The van der Waals surface area contributed by atoms with E-state index >= 15 is 0 Å². The SMILES string of the molecule is C=CCCC(=O)NCc1nnc(SCCN(C)C)n1C. The van der Waals surface area contributed by atoms with Gasteiger partial charge in [-0.15, -0.1) is 16.8 Å². The smallest absolute Gasteiger partial charge is 0.220 e. The number of nitrogens with one attached hydrogen (secondary N) is 1. The zero-order valence-corrected chi connectivity index (χ0v) is 13.2. The maximum absolute atomic E-state index is 11.5. The Bertz CT molecular complexity index is 444. The molecule has 7 heteroatoms. The largest absolute Gasteiger partial charge is 0.349 e. The average molecular weight is 297 g/mol. The number of carbonyl (C=O) groups is 1. The number of rotatable bonds is 9. The fraction of sp³-hybridized carbons (Fsp3) is 0.615. The second kappa shape index (κ2) is 8.76. The first kappa shape index (κ1) is 16.7. The lowest BCUT2D eigenvalue weighted by molar-refractivity contribution is -0.121. The highest BCUT2D eigenvalue weighted by molar-refractivity contribution is 7.99. The molecule has 0 radical (unpaired) electrons. The quantitative estimate of drug-likeness (QED) is 0.545. The number of aromatic nitrogens is 3. The molecule has 0 unspecified atom stereocenters. The zero-order chi connectivity index (χ0) is 15.0. The first-order valence-corrected chi connectivity index (χ1v) is 7.56. The zero-order valence-electron chi connectivity index (χ0n) is 12.4. The molecule has 112 valence electrons. The van der Waals surface area contributed by atoms with Crippen LogP contribution in [0.4, 0.5) is 0 Å². The van der Waals surface area contributed by atoms with Gasteiger partial charge in [-0.3, -0.25) is 4.79 Å².